The number of urea groups is 1. The molecule has 0 spiro atoms. The smallest absolute Gasteiger partial charge is 0.319 e. The molecule has 0 fully saturated rings. The van der Waals surface area contributed by atoms with Crippen LogP contribution in [0.5, 0.6) is 5.75 Å². The summed E-state index contributed by atoms with van der Waals surface area (Å²) in [4.78, 5) is 11.8. The van der Waals surface area contributed by atoms with Crippen LogP contribution < -0.4 is 15.4 Å². The summed E-state index contributed by atoms with van der Waals surface area (Å²) in [6.45, 7) is 5.04. The normalized spacial score (nSPS) is 10.2. The molecule has 0 aliphatic carbocycles. The predicted molar refractivity (Wildman–Crippen MR) is 94.5 cm³/mol. The van der Waals surface area contributed by atoms with Crippen molar-refractivity contribution in [2.75, 3.05) is 18.5 Å². The van der Waals surface area contributed by atoms with Gasteiger partial charge in [0, 0.05) is 17.3 Å². The van der Waals surface area contributed by atoms with Crippen LogP contribution in [0.25, 0.3) is 0 Å². The number of nitrogens with one attached hydrogen (secondary N) is 2. The SMILES string of the molecule is Cc1ccc(OCCCNC(=O)Nc2ccc(Cl)cc2C)cc1. The van der Waals surface area contributed by atoms with E-state index in [1.54, 1.807) is 12.1 Å². The third kappa shape index (κ3) is 5.83. The van der Waals surface area contributed by atoms with E-state index in [-0.39, 0.29) is 6.03 Å². The van der Waals surface area contributed by atoms with Crippen LogP contribution in [0.3, 0.4) is 0 Å². The molecule has 0 aliphatic heterocycles. The number of hydrogen-bond donors (Lipinski definition) is 2. The lowest BCUT2D eigenvalue weighted by atomic mass is 10.2. The molecule has 0 atom stereocenters. The molecule has 4 nitrogen and oxygen atoms in total. The Labute approximate surface area is 141 Å². The highest BCUT2D eigenvalue weighted by Gasteiger charge is 2.04. The van der Waals surface area contributed by atoms with E-state index in [1.807, 2.05) is 44.2 Å². The van der Waals surface area contributed by atoms with Gasteiger partial charge >= 0.3 is 6.03 Å². The van der Waals surface area contributed by atoms with Crippen molar-refractivity contribution in [1.82, 2.24) is 5.32 Å². The number of carbonyl (C=O) groups is 1. The molecule has 0 aromatic heterocycles. The minimum absolute atomic E-state index is 0.231. The topological polar surface area (TPSA) is 50.4 Å². The Hall–Kier alpha value is -2.20. The van der Waals surface area contributed by atoms with Gasteiger partial charge in [0.2, 0.25) is 0 Å². The molecular formula is C18H21ClN2O2. The van der Waals surface area contributed by atoms with E-state index in [1.165, 1.54) is 5.56 Å². The molecule has 0 saturated carbocycles. The molecule has 23 heavy (non-hydrogen) atoms. The Kier molecular flexibility index (Phi) is 6.29. The van der Waals surface area contributed by atoms with Crippen molar-refractivity contribution in [3.05, 3.63) is 58.6 Å². The fourth-order valence-electron chi connectivity index (χ4n) is 2.03. The van der Waals surface area contributed by atoms with E-state index in [9.17, 15) is 4.79 Å². The zero-order chi connectivity index (χ0) is 16.7. The first kappa shape index (κ1) is 17.2. The zero-order valence-electron chi connectivity index (χ0n) is 13.4. The molecule has 2 rings (SSSR count). The number of carbonyl (C=O) groups excluding carboxylic acids is 1. The summed E-state index contributed by atoms with van der Waals surface area (Å²) < 4.78 is 5.61. The maximum absolute atomic E-state index is 11.8. The Balaban J connectivity index is 1.65. The molecule has 0 bridgehead atoms. The number of anilines is 1. The lowest BCUT2D eigenvalue weighted by Crippen LogP contribution is -2.30. The second kappa shape index (κ2) is 8.44. The third-order valence-corrected chi connectivity index (χ3v) is 3.57. The first-order chi connectivity index (χ1) is 11.0. The van der Waals surface area contributed by atoms with E-state index in [0.717, 1.165) is 23.4 Å². The monoisotopic (exact) mass is 332 g/mol. The van der Waals surface area contributed by atoms with Gasteiger partial charge in [-0.2, -0.15) is 0 Å². The molecular weight excluding hydrogens is 312 g/mol. The highest BCUT2D eigenvalue weighted by atomic mass is 35.5. The lowest BCUT2D eigenvalue weighted by Gasteiger charge is -2.10. The highest BCUT2D eigenvalue weighted by Crippen LogP contribution is 2.19. The molecule has 0 saturated heterocycles. The number of benzene rings is 2. The van der Waals surface area contributed by atoms with Gasteiger partial charge in [0.25, 0.3) is 0 Å². The van der Waals surface area contributed by atoms with Crippen molar-refractivity contribution in [3.63, 3.8) is 0 Å². The van der Waals surface area contributed by atoms with Gasteiger partial charge in [-0.25, -0.2) is 4.79 Å². The number of hydrogen-bond acceptors (Lipinski definition) is 2. The van der Waals surface area contributed by atoms with E-state index < -0.39 is 0 Å². The summed E-state index contributed by atoms with van der Waals surface area (Å²) >= 11 is 5.89. The molecule has 0 unspecified atom stereocenters. The number of halogens is 1. The average Bonchev–Trinajstić information content (AvgIpc) is 2.51. The largest absolute Gasteiger partial charge is 0.494 e. The van der Waals surface area contributed by atoms with Gasteiger partial charge < -0.3 is 15.4 Å². The van der Waals surface area contributed by atoms with E-state index in [2.05, 4.69) is 10.6 Å². The van der Waals surface area contributed by atoms with Gasteiger partial charge in [-0.05, 0) is 56.2 Å². The van der Waals surface area contributed by atoms with E-state index in [4.69, 9.17) is 16.3 Å². The standard InChI is InChI=1S/C18H21ClN2O2/c1-13-4-7-16(8-5-13)23-11-3-10-20-18(22)21-17-9-6-15(19)12-14(17)2/h4-9,12H,3,10-11H2,1-2H3,(H2,20,21,22). The van der Waals surface area contributed by atoms with Gasteiger partial charge in [0.1, 0.15) is 5.75 Å². The summed E-state index contributed by atoms with van der Waals surface area (Å²) in [6.07, 6.45) is 0.737. The van der Waals surface area contributed by atoms with Crippen molar-refractivity contribution in [2.24, 2.45) is 0 Å². The second-order valence-corrected chi connectivity index (χ2v) is 5.79. The first-order valence-electron chi connectivity index (χ1n) is 7.55. The molecule has 122 valence electrons. The fourth-order valence-corrected chi connectivity index (χ4v) is 2.26. The van der Waals surface area contributed by atoms with E-state index in [0.29, 0.717) is 18.2 Å². The van der Waals surface area contributed by atoms with Gasteiger partial charge in [-0.3, -0.25) is 0 Å². The van der Waals surface area contributed by atoms with Crippen LogP contribution in [-0.2, 0) is 0 Å². The maximum atomic E-state index is 11.8. The minimum atomic E-state index is -0.231. The minimum Gasteiger partial charge on any atom is -0.494 e. The van der Waals surface area contributed by atoms with Gasteiger partial charge in [-0.1, -0.05) is 29.3 Å². The first-order valence-corrected chi connectivity index (χ1v) is 7.93. The molecule has 0 aliphatic rings. The summed E-state index contributed by atoms with van der Waals surface area (Å²) in [6, 6.07) is 13.0. The van der Waals surface area contributed by atoms with Crippen molar-refractivity contribution in [2.45, 2.75) is 20.3 Å². The van der Waals surface area contributed by atoms with Crippen molar-refractivity contribution < 1.29 is 9.53 Å². The molecule has 5 heteroatoms. The number of ether oxygens (including phenoxy) is 1. The van der Waals surface area contributed by atoms with Gasteiger partial charge in [0.15, 0.2) is 0 Å². The maximum Gasteiger partial charge on any atom is 0.319 e. The third-order valence-electron chi connectivity index (χ3n) is 3.33. The Morgan fingerprint density at radius 3 is 2.57 bits per heavy atom. The summed E-state index contributed by atoms with van der Waals surface area (Å²) in [5.41, 5.74) is 2.88. The summed E-state index contributed by atoms with van der Waals surface area (Å²) in [7, 11) is 0. The number of aryl methyl sites for hydroxylation is 2. The van der Waals surface area contributed by atoms with Crippen LogP contribution in [0.4, 0.5) is 10.5 Å². The quantitative estimate of drug-likeness (QED) is 0.762. The number of rotatable bonds is 6. The molecule has 0 heterocycles. The number of amides is 2. The van der Waals surface area contributed by atoms with Gasteiger partial charge in [-0.15, -0.1) is 0 Å². The average molecular weight is 333 g/mol. The van der Waals surface area contributed by atoms with Crippen molar-refractivity contribution in [1.29, 1.82) is 0 Å². The van der Waals surface area contributed by atoms with Crippen LogP contribution in [0.2, 0.25) is 5.02 Å². The Morgan fingerprint density at radius 2 is 1.87 bits per heavy atom. The molecule has 2 aromatic rings. The molecule has 2 N–H and O–H groups in total. The summed E-state index contributed by atoms with van der Waals surface area (Å²) in [5, 5.41) is 6.26. The molecule has 0 radical (unpaired) electrons. The fraction of sp³-hybridized carbons (Fsp3) is 0.278. The van der Waals surface area contributed by atoms with Gasteiger partial charge in [0.05, 0.1) is 6.61 Å². The summed E-state index contributed by atoms with van der Waals surface area (Å²) in [5.74, 6) is 0.844. The molecule has 2 aromatic carbocycles. The molecule has 2 amide bonds. The zero-order valence-corrected chi connectivity index (χ0v) is 14.1. The predicted octanol–water partition coefficient (Wildman–Crippen LogP) is 4.55. The van der Waals surface area contributed by atoms with E-state index >= 15 is 0 Å². The van der Waals surface area contributed by atoms with Crippen LogP contribution in [0, 0.1) is 13.8 Å². The Morgan fingerprint density at radius 1 is 1.13 bits per heavy atom. The second-order valence-electron chi connectivity index (χ2n) is 5.36. The lowest BCUT2D eigenvalue weighted by molar-refractivity contribution is 0.250. The van der Waals surface area contributed by atoms with Crippen LogP contribution in [0.15, 0.2) is 42.5 Å². The highest BCUT2D eigenvalue weighted by molar-refractivity contribution is 6.30. The van der Waals surface area contributed by atoms with Crippen LogP contribution in [0.1, 0.15) is 17.5 Å². The van der Waals surface area contributed by atoms with Crippen molar-refractivity contribution >= 4 is 23.3 Å². The van der Waals surface area contributed by atoms with Crippen molar-refractivity contribution in [3.8, 4) is 5.75 Å². The van der Waals surface area contributed by atoms with Crippen LogP contribution in [-0.4, -0.2) is 19.2 Å². The Bertz CT molecular complexity index is 657. The van der Waals surface area contributed by atoms with Crippen LogP contribution >= 0.6 is 11.6 Å².